The first-order valence-electron chi connectivity index (χ1n) is 11.9. The number of hydrogen-bond donors (Lipinski definition) is 3. The highest BCUT2D eigenvalue weighted by atomic mass is 16.4. The normalized spacial score (nSPS) is 13.8. The average molecular weight is 492 g/mol. The summed E-state index contributed by atoms with van der Waals surface area (Å²) in [4.78, 5) is 55.5. The molecule has 0 radical (unpaired) electrons. The van der Waals surface area contributed by atoms with Gasteiger partial charge in [-0.15, -0.1) is 0 Å². The maximum atomic E-state index is 13.3. The number of carbonyl (C=O) groups is 4. The van der Waals surface area contributed by atoms with E-state index in [0.717, 1.165) is 18.7 Å². The first-order chi connectivity index (χ1) is 16.4. The number of nitrogens with one attached hydrogen (secondary N) is 1. The van der Waals surface area contributed by atoms with Gasteiger partial charge in [-0.25, -0.2) is 4.79 Å². The van der Waals surface area contributed by atoms with Crippen LogP contribution in [0.2, 0.25) is 0 Å². The molecule has 4 N–H and O–H groups in total. The molecule has 0 aliphatic rings. The topological polar surface area (TPSA) is 136 Å². The molecule has 10 nitrogen and oxygen atoms in total. The Hall–Kier alpha value is -2.98. The van der Waals surface area contributed by atoms with Gasteiger partial charge in [0.1, 0.15) is 0 Å². The van der Waals surface area contributed by atoms with Crippen molar-refractivity contribution in [3.05, 3.63) is 35.9 Å². The number of aliphatic carboxylic acids is 1. The minimum Gasteiger partial charge on any atom is -0.479 e. The second kappa shape index (κ2) is 14.4. The van der Waals surface area contributed by atoms with E-state index in [1.54, 1.807) is 11.9 Å². The van der Waals surface area contributed by atoms with Crippen molar-refractivity contribution < 1.29 is 24.3 Å². The Morgan fingerprint density at radius 3 is 2.11 bits per heavy atom. The van der Waals surface area contributed by atoms with Crippen molar-refractivity contribution in [2.24, 2.45) is 11.7 Å². The Labute approximate surface area is 208 Å². The zero-order valence-electron chi connectivity index (χ0n) is 21.6. The lowest BCUT2D eigenvalue weighted by Gasteiger charge is -2.29. The van der Waals surface area contributed by atoms with Gasteiger partial charge in [0.15, 0.2) is 0 Å². The molecule has 0 heterocycles. The van der Waals surface area contributed by atoms with Gasteiger partial charge in [0, 0.05) is 45.6 Å². The molecule has 0 spiro atoms. The summed E-state index contributed by atoms with van der Waals surface area (Å²) in [5.74, 6) is -4.25. The number of nitrogens with two attached hydrogens (primary N) is 1. The van der Waals surface area contributed by atoms with Gasteiger partial charge in [0.2, 0.25) is 17.4 Å². The summed E-state index contributed by atoms with van der Waals surface area (Å²) in [6.07, 6.45) is 0.536. The number of carboxylic acid groups (broad SMARTS) is 1. The number of likely N-dealkylation sites (N-methyl/N-ethyl adjacent to an activating group) is 3. The van der Waals surface area contributed by atoms with Crippen molar-refractivity contribution in [2.45, 2.75) is 38.1 Å². The summed E-state index contributed by atoms with van der Waals surface area (Å²) in [6.45, 7) is 4.37. The molecule has 2 atom stereocenters. The minimum absolute atomic E-state index is 0.200. The van der Waals surface area contributed by atoms with E-state index in [-0.39, 0.29) is 18.7 Å². The van der Waals surface area contributed by atoms with Crippen molar-refractivity contribution in [2.75, 3.05) is 54.4 Å². The van der Waals surface area contributed by atoms with Gasteiger partial charge in [-0.3, -0.25) is 14.4 Å². The van der Waals surface area contributed by atoms with Crippen LogP contribution in [-0.4, -0.2) is 103 Å². The zero-order chi connectivity index (χ0) is 26.6. The predicted octanol–water partition coefficient (Wildman–Crippen LogP) is 0.412. The summed E-state index contributed by atoms with van der Waals surface area (Å²) in [7, 11) is 7.69. The van der Waals surface area contributed by atoms with E-state index in [9.17, 15) is 24.3 Å². The van der Waals surface area contributed by atoms with Crippen molar-refractivity contribution >= 4 is 23.7 Å². The summed E-state index contributed by atoms with van der Waals surface area (Å²) < 4.78 is 0. The Balaban J connectivity index is 2.93. The van der Waals surface area contributed by atoms with Crippen LogP contribution < -0.4 is 11.1 Å². The van der Waals surface area contributed by atoms with E-state index >= 15 is 0 Å². The highest BCUT2D eigenvalue weighted by Gasteiger charge is 2.45. The number of primary amides is 1. The van der Waals surface area contributed by atoms with Crippen LogP contribution in [0.1, 0.15) is 31.7 Å². The molecule has 0 aliphatic heterocycles. The standard InChI is InChI=1S/C25H41N5O5/c1-6-25(23(26)33,24(34)35)27-21(31)18-20(13-12-19-10-8-7-9-11-19)22(32)30(5)17-16-29(4)15-14-28(2)3/h7-11,20H,6,12-18H2,1-5H3,(H2,26,33)(H,27,31)(H,34,35)/t20-,25-/m1/s1. The van der Waals surface area contributed by atoms with Crippen molar-refractivity contribution in [1.29, 1.82) is 0 Å². The average Bonchev–Trinajstić information content (AvgIpc) is 2.81. The summed E-state index contributed by atoms with van der Waals surface area (Å²) in [6, 6.07) is 9.61. The maximum absolute atomic E-state index is 13.3. The van der Waals surface area contributed by atoms with Crippen molar-refractivity contribution in [1.82, 2.24) is 20.0 Å². The van der Waals surface area contributed by atoms with E-state index in [1.807, 2.05) is 51.5 Å². The lowest BCUT2D eigenvalue weighted by molar-refractivity contribution is -0.153. The molecule has 0 fully saturated rings. The Morgan fingerprint density at radius 1 is 1.00 bits per heavy atom. The number of hydrogen-bond acceptors (Lipinski definition) is 6. The highest BCUT2D eigenvalue weighted by Crippen LogP contribution is 2.18. The largest absolute Gasteiger partial charge is 0.479 e. The predicted molar refractivity (Wildman–Crippen MR) is 135 cm³/mol. The van der Waals surface area contributed by atoms with E-state index in [2.05, 4.69) is 15.1 Å². The van der Waals surface area contributed by atoms with E-state index < -0.39 is 29.2 Å². The molecule has 0 aliphatic carbocycles. The van der Waals surface area contributed by atoms with Gasteiger partial charge in [-0.2, -0.15) is 0 Å². The van der Waals surface area contributed by atoms with Crippen LogP contribution in [0.25, 0.3) is 0 Å². The molecule has 0 saturated carbocycles. The molecule has 35 heavy (non-hydrogen) atoms. The molecule has 1 rings (SSSR count). The first-order valence-corrected chi connectivity index (χ1v) is 11.9. The molecule has 1 aromatic rings. The Kier molecular flexibility index (Phi) is 12.4. The van der Waals surface area contributed by atoms with Crippen LogP contribution in [0, 0.1) is 5.92 Å². The second-order valence-corrected chi connectivity index (χ2v) is 9.27. The number of carboxylic acids is 1. The zero-order valence-corrected chi connectivity index (χ0v) is 21.6. The van der Waals surface area contributed by atoms with Crippen LogP contribution in [0.5, 0.6) is 0 Å². The fourth-order valence-corrected chi connectivity index (χ4v) is 3.67. The molecule has 0 unspecified atom stereocenters. The number of nitrogens with zero attached hydrogens (tertiary/aromatic N) is 3. The monoisotopic (exact) mass is 491 g/mol. The molecule has 1 aromatic carbocycles. The molecule has 0 saturated heterocycles. The second-order valence-electron chi connectivity index (χ2n) is 9.27. The highest BCUT2D eigenvalue weighted by molar-refractivity contribution is 6.08. The lowest BCUT2D eigenvalue weighted by Crippen LogP contribution is -2.62. The third-order valence-electron chi connectivity index (χ3n) is 6.20. The number of rotatable bonds is 16. The van der Waals surface area contributed by atoms with Crippen molar-refractivity contribution in [3.8, 4) is 0 Å². The number of amides is 3. The van der Waals surface area contributed by atoms with Crippen LogP contribution in [0.3, 0.4) is 0 Å². The van der Waals surface area contributed by atoms with Crippen LogP contribution >= 0.6 is 0 Å². The van der Waals surface area contributed by atoms with Gasteiger partial charge >= 0.3 is 5.97 Å². The maximum Gasteiger partial charge on any atom is 0.339 e. The van der Waals surface area contributed by atoms with Gasteiger partial charge in [0.05, 0.1) is 0 Å². The van der Waals surface area contributed by atoms with E-state index in [4.69, 9.17) is 5.73 Å². The summed E-state index contributed by atoms with van der Waals surface area (Å²) >= 11 is 0. The van der Waals surface area contributed by atoms with E-state index in [0.29, 0.717) is 25.9 Å². The quantitative estimate of drug-likeness (QED) is 0.285. The minimum atomic E-state index is -2.20. The molecular weight excluding hydrogens is 450 g/mol. The number of aryl methyl sites for hydroxylation is 1. The molecule has 0 bridgehead atoms. The molecule has 3 amide bonds. The number of benzene rings is 1. The Bertz CT molecular complexity index is 832. The van der Waals surface area contributed by atoms with Crippen LogP contribution in [-0.2, 0) is 25.6 Å². The van der Waals surface area contributed by atoms with Gasteiger partial charge < -0.3 is 30.9 Å². The van der Waals surface area contributed by atoms with E-state index in [1.165, 1.54) is 6.92 Å². The molecule has 10 heteroatoms. The first kappa shape index (κ1) is 30.1. The fraction of sp³-hybridized carbons (Fsp3) is 0.600. The Morgan fingerprint density at radius 2 is 1.60 bits per heavy atom. The SMILES string of the molecule is CC[C@@](NC(=O)C[C@@H](CCc1ccccc1)C(=O)N(C)CCN(C)CCN(C)C)(C(N)=O)C(=O)O. The molecule has 0 aromatic heterocycles. The smallest absolute Gasteiger partial charge is 0.339 e. The number of carbonyl (C=O) groups excluding carboxylic acids is 3. The third-order valence-corrected chi connectivity index (χ3v) is 6.20. The van der Waals surface area contributed by atoms with Crippen molar-refractivity contribution in [3.63, 3.8) is 0 Å². The fourth-order valence-electron chi connectivity index (χ4n) is 3.67. The van der Waals surface area contributed by atoms with Crippen LogP contribution in [0.15, 0.2) is 30.3 Å². The van der Waals surface area contributed by atoms with Gasteiger partial charge in [-0.05, 0) is 46.0 Å². The third kappa shape index (κ3) is 9.65. The van der Waals surface area contributed by atoms with Gasteiger partial charge in [0.25, 0.3) is 5.91 Å². The van der Waals surface area contributed by atoms with Crippen LogP contribution in [0.4, 0.5) is 0 Å². The molecular formula is C25H41N5O5. The lowest BCUT2D eigenvalue weighted by atomic mass is 9.92. The summed E-state index contributed by atoms with van der Waals surface area (Å²) in [5.41, 5.74) is 4.13. The van der Waals surface area contributed by atoms with Gasteiger partial charge in [-0.1, -0.05) is 37.3 Å². The molecule has 196 valence electrons. The summed E-state index contributed by atoms with van der Waals surface area (Å²) in [5, 5.41) is 11.8.